The third-order valence-electron chi connectivity index (χ3n) is 8.51. The van der Waals surface area contributed by atoms with Crippen LogP contribution in [-0.2, 0) is 0 Å². The Morgan fingerprint density at radius 1 is 0.325 bits per heavy atom. The van der Waals surface area contributed by atoms with E-state index in [4.69, 9.17) is 0 Å². The largest absolute Gasteiger partial charge is 0.508 e. The van der Waals surface area contributed by atoms with Crippen LogP contribution in [0.25, 0.3) is 0 Å². The molecule has 0 radical (unpaired) electrons. The first-order valence-electron chi connectivity index (χ1n) is 13.0. The minimum atomic E-state index is -0.625. The van der Waals surface area contributed by atoms with E-state index in [-0.39, 0.29) is 46.0 Å². The molecule has 0 saturated carbocycles. The molecule has 0 amide bonds. The van der Waals surface area contributed by atoms with Gasteiger partial charge >= 0.3 is 0 Å². The van der Waals surface area contributed by atoms with Crippen LogP contribution in [0.1, 0.15) is 95.9 Å². The summed E-state index contributed by atoms with van der Waals surface area (Å²) in [6.45, 7) is 6.92. The minimum absolute atomic E-state index is 0.218. The quantitative estimate of drug-likeness (QED) is 0.120. The number of hydrogen-bond acceptors (Lipinski definition) is 8. The topological polar surface area (TPSA) is 162 Å². The molecule has 0 aromatic heterocycles. The van der Waals surface area contributed by atoms with Gasteiger partial charge in [-0.05, 0) is 12.1 Å². The maximum atomic E-state index is 11.1. The first-order valence-corrected chi connectivity index (χ1v) is 13.0. The fourth-order valence-corrected chi connectivity index (χ4v) is 5.90. The lowest BCUT2D eigenvalue weighted by Gasteiger charge is -2.25. The Hall–Kier alpha value is -4.72. The molecule has 8 nitrogen and oxygen atoms in total. The van der Waals surface area contributed by atoms with Gasteiger partial charge in [0.25, 0.3) is 0 Å². The minimum Gasteiger partial charge on any atom is -0.508 e. The molecule has 8 N–H and O–H groups in total. The Morgan fingerprint density at radius 3 is 0.725 bits per heavy atom. The van der Waals surface area contributed by atoms with Crippen molar-refractivity contribution in [2.45, 2.75) is 51.4 Å². The Labute approximate surface area is 231 Å². The SMILES string of the molecule is C[C@@H]1c2cc(c(O)cc2O)[C@H](C)c2ccc(c(O)c2O)[C@@H](C)c2cc(c(O)cc2O)[C@@H](C)c2ccc1c(O)c2O. The van der Waals surface area contributed by atoms with Gasteiger partial charge < -0.3 is 40.9 Å². The number of hydrogen-bond donors (Lipinski definition) is 8. The first-order chi connectivity index (χ1) is 18.8. The number of phenols is 8. The van der Waals surface area contributed by atoms with E-state index in [1.54, 1.807) is 64.1 Å². The summed E-state index contributed by atoms with van der Waals surface area (Å²) in [5.41, 5.74) is 2.76. The Bertz CT molecular complexity index is 1420. The van der Waals surface area contributed by atoms with Crippen LogP contribution in [-0.4, -0.2) is 40.9 Å². The molecule has 0 aliphatic heterocycles. The highest BCUT2D eigenvalue weighted by atomic mass is 16.3. The lowest BCUT2D eigenvalue weighted by molar-refractivity contribution is 0.390. The monoisotopic (exact) mass is 544 g/mol. The maximum absolute atomic E-state index is 11.1. The lowest BCUT2D eigenvalue weighted by atomic mass is 9.81. The highest BCUT2D eigenvalue weighted by Gasteiger charge is 2.29. The molecule has 0 unspecified atom stereocenters. The van der Waals surface area contributed by atoms with E-state index in [0.29, 0.717) is 44.5 Å². The molecule has 0 heterocycles. The van der Waals surface area contributed by atoms with Gasteiger partial charge in [0, 0.05) is 80.3 Å². The van der Waals surface area contributed by atoms with Crippen LogP contribution in [0.15, 0.2) is 48.5 Å². The summed E-state index contributed by atoms with van der Waals surface area (Å²) in [6.07, 6.45) is 0. The predicted octanol–water partition coefficient (Wildman–Crippen LogP) is 6.25. The average molecular weight is 545 g/mol. The molecule has 4 aromatic rings. The number of rotatable bonds is 0. The van der Waals surface area contributed by atoms with E-state index in [0.717, 1.165) is 0 Å². The van der Waals surface area contributed by atoms with Gasteiger partial charge in [0.1, 0.15) is 23.0 Å². The summed E-state index contributed by atoms with van der Waals surface area (Å²) in [5, 5.41) is 87.2. The Morgan fingerprint density at radius 2 is 0.525 bits per heavy atom. The molecular weight excluding hydrogens is 512 g/mol. The predicted molar refractivity (Wildman–Crippen MR) is 149 cm³/mol. The molecule has 208 valence electrons. The van der Waals surface area contributed by atoms with Crippen molar-refractivity contribution in [1.82, 2.24) is 0 Å². The van der Waals surface area contributed by atoms with E-state index in [1.165, 1.54) is 12.1 Å². The zero-order valence-electron chi connectivity index (χ0n) is 22.5. The van der Waals surface area contributed by atoms with Crippen LogP contribution in [0, 0.1) is 0 Å². The smallest absolute Gasteiger partial charge is 0.161 e. The van der Waals surface area contributed by atoms with E-state index in [1.807, 2.05) is 0 Å². The van der Waals surface area contributed by atoms with Gasteiger partial charge in [0.05, 0.1) is 0 Å². The molecule has 0 fully saturated rings. The standard InChI is InChI=1S/C32H32O8/c1-13-17-5-6-18(30(38)29(17)37)15(3)23-10-24(28(36)12-27(23)35)16(4)20-8-7-19(31(39)32(20)40)14(2)22-9-21(13)25(33)11-26(22)34/h5-16,33-40H,1-4H3/t13-,14+,15-,16+. The summed E-state index contributed by atoms with van der Waals surface area (Å²) in [6, 6.07) is 12.1. The van der Waals surface area contributed by atoms with Crippen LogP contribution in [0.4, 0.5) is 0 Å². The van der Waals surface area contributed by atoms with Gasteiger partial charge in [-0.25, -0.2) is 0 Å². The van der Waals surface area contributed by atoms with E-state index >= 15 is 0 Å². The molecule has 0 spiro atoms. The van der Waals surface area contributed by atoms with Crippen LogP contribution >= 0.6 is 0 Å². The van der Waals surface area contributed by atoms with Gasteiger partial charge in [-0.3, -0.25) is 0 Å². The van der Waals surface area contributed by atoms with Crippen molar-refractivity contribution in [2.75, 3.05) is 0 Å². The van der Waals surface area contributed by atoms with Gasteiger partial charge in [-0.15, -0.1) is 0 Å². The highest BCUT2D eigenvalue weighted by Crippen LogP contribution is 2.50. The third-order valence-corrected chi connectivity index (χ3v) is 8.51. The average Bonchev–Trinajstić information content (AvgIpc) is 2.90. The maximum Gasteiger partial charge on any atom is 0.161 e. The van der Waals surface area contributed by atoms with Crippen molar-refractivity contribution in [2.24, 2.45) is 0 Å². The molecule has 4 aromatic carbocycles. The molecule has 4 aliphatic carbocycles. The van der Waals surface area contributed by atoms with Gasteiger partial charge in [-0.1, -0.05) is 52.0 Å². The number of benzene rings is 4. The molecule has 0 saturated heterocycles. The summed E-state index contributed by atoms with van der Waals surface area (Å²) in [7, 11) is 0. The third kappa shape index (κ3) is 3.99. The van der Waals surface area contributed by atoms with Crippen LogP contribution in [0.5, 0.6) is 46.0 Å². The Kier molecular flexibility index (Phi) is 6.37. The normalized spacial score (nSPS) is 20.3. The van der Waals surface area contributed by atoms with E-state index in [2.05, 4.69) is 0 Å². The van der Waals surface area contributed by atoms with E-state index in [9.17, 15) is 40.9 Å². The van der Waals surface area contributed by atoms with Crippen LogP contribution < -0.4 is 0 Å². The molecule has 40 heavy (non-hydrogen) atoms. The number of phenolic OH excluding ortho intramolecular Hbond substituents is 8. The van der Waals surface area contributed by atoms with Crippen LogP contribution in [0.2, 0.25) is 0 Å². The van der Waals surface area contributed by atoms with Crippen molar-refractivity contribution in [3.63, 3.8) is 0 Å². The van der Waals surface area contributed by atoms with Crippen molar-refractivity contribution in [3.05, 3.63) is 93.0 Å². The molecule has 4 aliphatic rings. The zero-order valence-corrected chi connectivity index (χ0v) is 22.5. The lowest BCUT2D eigenvalue weighted by Crippen LogP contribution is -2.06. The fraction of sp³-hybridized carbons (Fsp3) is 0.250. The van der Waals surface area contributed by atoms with Crippen molar-refractivity contribution in [1.29, 1.82) is 0 Å². The second-order valence-electron chi connectivity index (χ2n) is 10.7. The van der Waals surface area contributed by atoms with Gasteiger partial charge in [-0.2, -0.15) is 0 Å². The highest BCUT2D eigenvalue weighted by molar-refractivity contribution is 5.63. The molecular formula is C32H32O8. The summed E-state index contributed by atoms with van der Waals surface area (Å²) in [4.78, 5) is 0. The second kappa shape index (κ2) is 9.48. The van der Waals surface area contributed by atoms with Crippen molar-refractivity contribution >= 4 is 0 Å². The van der Waals surface area contributed by atoms with Crippen molar-refractivity contribution < 1.29 is 40.9 Å². The zero-order chi connectivity index (χ0) is 29.2. The first kappa shape index (κ1) is 26.9. The fourth-order valence-electron chi connectivity index (χ4n) is 5.90. The summed E-state index contributed by atoms with van der Waals surface area (Å²) < 4.78 is 0. The molecule has 8 rings (SSSR count). The second-order valence-corrected chi connectivity index (χ2v) is 10.7. The number of aromatic hydroxyl groups is 8. The van der Waals surface area contributed by atoms with Crippen LogP contribution in [0.3, 0.4) is 0 Å². The van der Waals surface area contributed by atoms with Crippen molar-refractivity contribution in [3.8, 4) is 46.0 Å². The van der Waals surface area contributed by atoms with Gasteiger partial charge in [0.2, 0.25) is 0 Å². The summed E-state index contributed by atoms with van der Waals surface area (Å²) in [5.74, 6) is -4.91. The molecule has 4 atom stereocenters. The van der Waals surface area contributed by atoms with Gasteiger partial charge in [0.15, 0.2) is 23.0 Å². The summed E-state index contributed by atoms with van der Waals surface area (Å²) >= 11 is 0. The Balaban J connectivity index is 1.84. The van der Waals surface area contributed by atoms with E-state index < -0.39 is 23.7 Å². The molecule has 8 bridgehead atoms. The molecule has 8 heteroatoms.